The van der Waals surface area contributed by atoms with Crippen molar-refractivity contribution in [1.29, 1.82) is 0 Å². The number of hydrogen-bond donors (Lipinski definition) is 1. The third-order valence-corrected chi connectivity index (χ3v) is 4.67. The van der Waals surface area contributed by atoms with Gasteiger partial charge in [-0.1, -0.05) is 43.3 Å². The van der Waals surface area contributed by atoms with Crippen LogP contribution in [0.2, 0.25) is 0 Å². The van der Waals surface area contributed by atoms with Crippen molar-refractivity contribution < 1.29 is 0 Å². The Hall–Kier alpha value is -2.55. The Labute approximate surface area is 144 Å². The van der Waals surface area contributed by atoms with Crippen LogP contribution >= 0.6 is 0 Å². The van der Waals surface area contributed by atoms with Gasteiger partial charge in [0.2, 0.25) is 5.95 Å². The van der Waals surface area contributed by atoms with Gasteiger partial charge in [0, 0.05) is 19.2 Å². The molecule has 3 nitrogen and oxygen atoms in total. The van der Waals surface area contributed by atoms with Crippen LogP contribution in [0.1, 0.15) is 29.2 Å². The predicted octanol–water partition coefficient (Wildman–Crippen LogP) is 4.88. The largest absolute Gasteiger partial charge is 0.352 e. The zero-order valence-corrected chi connectivity index (χ0v) is 14.9. The summed E-state index contributed by atoms with van der Waals surface area (Å²) in [6.07, 6.45) is 3.01. The first-order chi connectivity index (χ1) is 11.6. The Morgan fingerprint density at radius 2 is 1.67 bits per heavy atom. The quantitative estimate of drug-likeness (QED) is 0.726. The molecule has 0 spiro atoms. The summed E-state index contributed by atoms with van der Waals surface area (Å²) >= 11 is 0. The lowest BCUT2D eigenvalue weighted by molar-refractivity contribution is 0.906. The fourth-order valence-electron chi connectivity index (χ4n) is 2.82. The molecule has 0 fully saturated rings. The number of anilines is 1. The maximum absolute atomic E-state index is 4.54. The van der Waals surface area contributed by atoms with Crippen LogP contribution in [0.3, 0.4) is 0 Å². The van der Waals surface area contributed by atoms with Crippen LogP contribution in [0.15, 0.2) is 48.7 Å². The molecule has 3 rings (SSSR count). The lowest BCUT2D eigenvalue weighted by atomic mass is 10.0. The minimum absolute atomic E-state index is 0.779. The Morgan fingerprint density at radius 3 is 2.33 bits per heavy atom. The van der Waals surface area contributed by atoms with Gasteiger partial charge >= 0.3 is 0 Å². The van der Waals surface area contributed by atoms with E-state index in [1.54, 1.807) is 0 Å². The van der Waals surface area contributed by atoms with E-state index in [2.05, 4.69) is 85.2 Å². The van der Waals surface area contributed by atoms with Crippen molar-refractivity contribution in [3.05, 3.63) is 70.9 Å². The molecule has 0 atom stereocenters. The van der Waals surface area contributed by atoms with Gasteiger partial charge in [-0.25, -0.2) is 4.98 Å². The number of nitrogens with one attached hydrogen (secondary N) is 1. The maximum atomic E-state index is 4.54. The van der Waals surface area contributed by atoms with Gasteiger partial charge in [0.05, 0.1) is 11.9 Å². The molecule has 24 heavy (non-hydrogen) atoms. The van der Waals surface area contributed by atoms with Crippen molar-refractivity contribution in [2.24, 2.45) is 7.05 Å². The van der Waals surface area contributed by atoms with Crippen molar-refractivity contribution in [2.45, 2.75) is 33.7 Å². The Kier molecular flexibility index (Phi) is 4.70. The van der Waals surface area contributed by atoms with Gasteiger partial charge in [-0.3, -0.25) is 0 Å². The summed E-state index contributed by atoms with van der Waals surface area (Å²) < 4.78 is 2.12. The molecule has 0 aliphatic rings. The Balaban J connectivity index is 1.75. The molecule has 1 aromatic heterocycles. The molecule has 124 valence electrons. The molecule has 0 saturated heterocycles. The second-order valence-corrected chi connectivity index (χ2v) is 6.35. The second kappa shape index (κ2) is 6.91. The lowest BCUT2D eigenvalue weighted by Crippen LogP contribution is -2.05. The summed E-state index contributed by atoms with van der Waals surface area (Å²) in [7, 11) is 2.06. The first-order valence-corrected chi connectivity index (χ1v) is 8.49. The third kappa shape index (κ3) is 3.35. The van der Waals surface area contributed by atoms with Crippen molar-refractivity contribution in [3.63, 3.8) is 0 Å². The third-order valence-electron chi connectivity index (χ3n) is 4.67. The standard InChI is InChI=1S/C21H25N3/c1-5-17-7-9-18(10-8-17)13-22-21-23-14-20(24(21)4)19-11-6-15(2)16(3)12-19/h6-12,14H,5,13H2,1-4H3,(H,22,23). The first kappa shape index (κ1) is 16.3. The van der Waals surface area contributed by atoms with E-state index in [0.29, 0.717) is 0 Å². The molecule has 0 amide bonds. The summed E-state index contributed by atoms with van der Waals surface area (Å²) in [5.74, 6) is 0.891. The smallest absolute Gasteiger partial charge is 0.203 e. The highest BCUT2D eigenvalue weighted by atomic mass is 15.2. The highest BCUT2D eigenvalue weighted by Crippen LogP contribution is 2.24. The van der Waals surface area contributed by atoms with Crippen molar-refractivity contribution in [3.8, 4) is 11.3 Å². The van der Waals surface area contributed by atoms with Crippen molar-refractivity contribution in [2.75, 3.05) is 5.32 Å². The van der Waals surface area contributed by atoms with E-state index in [9.17, 15) is 0 Å². The van der Waals surface area contributed by atoms with Crippen molar-refractivity contribution >= 4 is 5.95 Å². The average Bonchev–Trinajstić information content (AvgIpc) is 2.97. The second-order valence-electron chi connectivity index (χ2n) is 6.35. The van der Waals surface area contributed by atoms with Gasteiger partial charge in [0.1, 0.15) is 0 Å². The lowest BCUT2D eigenvalue weighted by Gasteiger charge is -2.10. The summed E-state index contributed by atoms with van der Waals surface area (Å²) in [5.41, 5.74) is 7.58. The SMILES string of the molecule is CCc1ccc(CNc2ncc(-c3ccc(C)c(C)c3)n2C)cc1. The number of benzene rings is 2. The number of aromatic nitrogens is 2. The zero-order valence-electron chi connectivity index (χ0n) is 14.9. The van der Waals surface area contributed by atoms with Gasteiger partial charge in [0.15, 0.2) is 0 Å². The molecular formula is C21H25N3. The van der Waals surface area contributed by atoms with Gasteiger partial charge in [0.25, 0.3) is 0 Å². The van der Waals surface area contributed by atoms with Gasteiger partial charge in [-0.05, 0) is 48.6 Å². The van der Waals surface area contributed by atoms with Gasteiger partial charge in [-0.2, -0.15) is 0 Å². The minimum Gasteiger partial charge on any atom is -0.352 e. The molecule has 0 aliphatic heterocycles. The van der Waals surface area contributed by atoms with Crippen molar-refractivity contribution in [1.82, 2.24) is 9.55 Å². The molecule has 3 heteroatoms. The summed E-state index contributed by atoms with van der Waals surface area (Å²) in [6.45, 7) is 7.24. The number of imidazole rings is 1. The van der Waals surface area contributed by atoms with Crippen LogP contribution in [0.5, 0.6) is 0 Å². The fourth-order valence-corrected chi connectivity index (χ4v) is 2.82. The van der Waals surface area contributed by atoms with Crippen LogP contribution < -0.4 is 5.32 Å². The highest BCUT2D eigenvalue weighted by Gasteiger charge is 2.09. The monoisotopic (exact) mass is 319 g/mol. The molecule has 0 saturated carbocycles. The van der Waals surface area contributed by atoms with E-state index in [0.717, 1.165) is 24.6 Å². The zero-order chi connectivity index (χ0) is 17.1. The topological polar surface area (TPSA) is 29.9 Å². The summed E-state index contributed by atoms with van der Waals surface area (Å²) in [4.78, 5) is 4.54. The van der Waals surface area contributed by atoms with E-state index < -0.39 is 0 Å². The maximum Gasteiger partial charge on any atom is 0.203 e. The van der Waals surface area contributed by atoms with Gasteiger partial charge < -0.3 is 9.88 Å². The van der Waals surface area contributed by atoms with Gasteiger partial charge in [-0.15, -0.1) is 0 Å². The number of aryl methyl sites for hydroxylation is 3. The minimum atomic E-state index is 0.779. The molecule has 0 bridgehead atoms. The van der Waals surface area contributed by atoms with Crippen LogP contribution in [0, 0.1) is 13.8 Å². The van der Waals surface area contributed by atoms with Crippen LogP contribution in [0.25, 0.3) is 11.3 Å². The summed E-state index contributed by atoms with van der Waals surface area (Å²) in [6, 6.07) is 15.3. The van der Waals surface area contributed by atoms with Crippen LogP contribution in [0.4, 0.5) is 5.95 Å². The normalized spacial score (nSPS) is 10.8. The first-order valence-electron chi connectivity index (χ1n) is 8.49. The van der Waals surface area contributed by atoms with E-state index >= 15 is 0 Å². The Morgan fingerprint density at radius 1 is 0.958 bits per heavy atom. The molecule has 0 unspecified atom stereocenters. The molecule has 0 aliphatic carbocycles. The average molecular weight is 319 g/mol. The van der Waals surface area contributed by atoms with E-state index in [4.69, 9.17) is 0 Å². The number of rotatable bonds is 5. The number of nitrogens with zero attached hydrogens (tertiary/aromatic N) is 2. The van der Waals surface area contributed by atoms with Crippen LogP contribution in [-0.4, -0.2) is 9.55 Å². The van der Waals surface area contributed by atoms with Crippen LogP contribution in [-0.2, 0) is 20.0 Å². The Bertz CT molecular complexity index is 829. The van der Waals surface area contributed by atoms with E-state index in [-0.39, 0.29) is 0 Å². The number of hydrogen-bond acceptors (Lipinski definition) is 2. The van der Waals surface area contributed by atoms with E-state index in [1.165, 1.54) is 27.8 Å². The molecule has 1 heterocycles. The summed E-state index contributed by atoms with van der Waals surface area (Å²) in [5, 5.41) is 3.43. The van der Waals surface area contributed by atoms with E-state index in [1.807, 2.05) is 6.20 Å². The molecular weight excluding hydrogens is 294 g/mol. The fraction of sp³-hybridized carbons (Fsp3) is 0.286. The predicted molar refractivity (Wildman–Crippen MR) is 101 cm³/mol. The molecule has 2 aromatic carbocycles. The highest BCUT2D eigenvalue weighted by molar-refractivity contribution is 5.63. The molecule has 1 N–H and O–H groups in total. The molecule has 3 aromatic rings. The molecule has 0 radical (unpaired) electrons.